The number of fused-ring (bicyclic) bond motifs is 1. The molecule has 0 aromatic rings. The maximum atomic E-state index is 12.7. The Balaban J connectivity index is 0.000000605. The monoisotopic (exact) mass is 178 g/mol. The van der Waals surface area contributed by atoms with E-state index in [2.05, 4.69) is 4.99 Å². The number of hydrogen-bond donors (Lipinski definition) is 1. The van der Waals surface area contributed by atoms with Crippen LogP contribution < -0.4 is 5.73 Å². The van der Waals surface area contributed by atoms with Crippen molar-refractivity contribution in [2.24, 2.45) is 22.6 Å². The number of nitrogens with two attached hydrogens (primary N) is 1. The lowest BCUT2D eigenvalue weighted by atomic mass is 9.99. The molecule has 11 heavy (non-hydrogen) atoms. The van der Waals surface area contributed by atoms with Crippen LogP contribution in [0.1, 0.15) is 13.3 Å². The fourth-order valence-corrected chi connectivity index (χ4v) is 1.80. The van der Waals surface area contributed by atoms with Gasteiger partial charge in [-0.2, -0.15) is 0 Å². The number of amidine groups is 1. The van der Waals surface area contributed by atoms with Gasteiger partial charge in [0.15, 0.2) is 0 Å². The van der Waals surface area contributed by atoms with Crippen LogP contribution in [0, 0.1) is 11.8 Å². The molecular formula is C7H12ClFN2. The Bertz CT molecular complexity index is 195. The van der Waals surface area contributed by atoms with Crippen molar-refractivity contribution in [1.29, 1.82) is 0 Å². The number of alkyl halides is 1. The third-order valence-electron chi connectivity index (χ3n) is 2.45. The van der Waals surface area contributed by atoms with E-state index in [4.69, 9.17) is 5.73 Å². The summed E-state index contributed by atoms with van der Waals surface area (Å²) in [5.41, 5.74) is 5.49. The van der Waals surface area contributed by atoms with Crippen LogP contribution in [0.2, 0.25) is 0 Å². The second-order valence-electron chi connectivity index (χ2n) is 3.31. The second kappa shape index (κ2) is 2.63. The first kappa shape index (κ1) is 8.78. The summed E-state index contributed by atoms with van der Waals surface area (Å²) in [5.74, 6) is 1.22. The minimum atomic E-state index is -0.698. The maximum absolute atomic E-state index is 12.7. The number of rotatable bonds is 0. The van der Waals surface area contributed by atoms with Gasteiger partial charge in [0.1, 0.15) is 6.17 Å². The van der Waals surface area contributed by atoms with Crippen LogP contribution in [-0.4, -0.2) is 18.0 Å². The van der Waals surface area contributed by atoms with E-state index in [9.17, 15) is 4.39 Å². The van der Waals surface area contributed by atoms with Crippen LogP contribution in [0.15, 0.2) is 4.99 Å². The van der Waals surface area contributed by atoms with Gasteiger partial charge in [0.05, 0.1) is 11.9 Å². The molecule has 0 unspecified atom stereocenters. The summed E-state index contributed by atoms with van der Waals surface area (Å²) in [7, 11) is 0. The van der Waals surface area contributed by atoms with Gasteiger partial charge in [-0.25, -0.2) is 4.39 Å². The number of nitrogens with zero attached hydrogens (tertiary/aromatic N) is 1. The lowest BCUT2D eigenvalue weighted by molar-refractivity contribution is 0.394. The Hall–Kier alpha value is -0.310. The molecule has 0 aromatic carbocycles. The number of aliphatic imine (C=N–C) groups is 1. The van der Waals surface area contributed by atoms with Crippen molar-refractivity contribution in [1.82, 2.24) is 0 Å². The molecule has 1 saturated carbocycles. The molecule has 0 aromatic heterocycles. The minimum absolute atomic E-state index is 0. The largest absolute Gasteiger partial charge is 0.387 e. The van der Waals surface area contributed by atoms with Crippen molar-refractivity contribution in [3.63, 3.8) is 0 Å². The lowest BCUT2D eigenvalue weighted by Crippen LogP contribution is -2.22. The topological polar surface area (TPSA) is 38.4 Å². The first-order valence-corrected chi connectivity index (χ1v) is 3.66. The molecule has 1 aliphatic heterocycles. The van der Waals surface area contributed by atoms with Crippen molar-refractivity contribution in [2.45, 2.75) is 25.6 Å². The summed E-state index contributed by atoms with van der Waals surface area (Å²) in [6, 6.07) is -0.0799. The third kappa shape index (κ3) is 1.22. The third-order valence-corrected chi connectivity index (χ3v) is 2.45. The summed E-state index contributed by atoms with van der Waals surface area (Å²) in [4.78, 5) is 4.01. The fraction of sp³-hybridized carbons (Fsp3) is 0.857. The smallest absolute Gasteiger partial charge is 0.128 e. The number of hydrogen-bond acceptors (Lipinski definition) is 2. The molecule has 4 atom stereocenters. The molecular weight excluding hydrogens is 167 g/mol. The summed E-state index contributed by atoms with van der Waals surface area (Å²) in [6.07, 6.45) is 0.0812. The Morgan fingerprint density at radius 1 is 1.64 bits per heavy atom. The van der Waals surface area contributed by atoms with Crippen LogP contribution >= 0.6 is 12.4 Å². The van der Waals surface area contributed by atoms with Crippen LogP contribution in [-0.2, 0) is 0 Å². The molecule has 0 saturated heterocycles. The second-order valence-corrected chi connectivity index (χ2v) is 3.31. The highest BCUT2D eigenvalue weighted by Gasteiger charge is 2.56. The quantitative estimate of drug-likeness (QED) is 0.594. The molecule has 2 aliphatic rings. The predicted molar refractivity (Wildman–Crippen MR) is 44.8 cm³/mol. The van der Waals surface area contributed by atoms with Crippen LogP contribution in [0.3, 0.4) is 0 Å². The van der Waals surface area contributed by atoms with E-state index in [1.807, 2.05) is 6.92 Å². The van der Waals surface area contributed by atoms with Crippen molar-refractivity contribution in [2.75, 3.05) is 0 Å². The maximum Gasteiger partial charge on any atom is 0.128 e. The van der Waals surface area contributed by atoms with E-state index in [1.54, 1.807) is 0 Å². The van der Waals surface area contributed by atoms with Gasteiger partial charge in [-0.3, -0.25) is 4.99 Å². The molecule has 0 spiro atoms. The standard InChI is InChI=1S/C7H11FN2.ClH/c1-3-2-4(9)10-7-5(3)6(7)8;/h3,5-7H,2H2,1H3,(H2,9,10);1H/t3-,5+,6-,7+;/m1./s1. The Labute approximate surface area is 71.5 Å². The fourth-order valence-electron chi connectivity index (χ4n) is 1.80. The average Bonchev–Trinajstić information content (AvgIpc) is 2.42. The molecule has 64 valence electrons. The average molecular weight is 179 g/mol. The zero-order valence-corrected chi connectivity index (χ0v) is 7.14. The Morgan fingerprint density at radius 2 is 2.27 bits per heavy atom. The predicted octanol–water partition coefficient (Wildman–Crippen LogP) is 1.14. The van der Waals surface area contributed by atoms with Gasteiger partial charge >= 0.3 is 0 Å². The molecule has 2 rings (SSSR count). The van der Waals surface area contributed by atoms with E-state index in [0.717, 1.165) is 6.42 Å². The van der Waals surface area contributed by atoms with Crippen LogP contribution in [0.25, 0.3) is 0 Å². The SMILES string of the molecule is C[C@@H]1CC(N)=N[C@@H]2[C@H](F)[C@@H]21.Cl. The van der Waals surface area contributed by atoms with Crippen LogP contribution in [0.4, 0.5) is 4.39 Å². The zero-order valence-electron chi connectivity index (χ0n) is 6.33. The first-order chi connectivity index (χ1) is 4.70. The molecule has 2 nitrogen and oxygen atoms in total. The molecule has 1 heterocycles. The molecule has 1 aliphatic carbocycles. The van der Waals surface area contributed by atoms with E-state index < -0.39 is 6.17 Å². The van der Waals surface area contributed by atoms with Crippen molar-refractivity contribution in [3.8, 4) is 0 Å². The molecule has 2 N–H and O–H groups in total. The molecule has 4 heteroatoms. The Kier molecular flexibility index (Phi) is 2.10. The lowest BCUT2D eigenvalue weighted by Gasteiger charge is -2.12. The highest BCUT2D eigenvalue weighted by molar-refractivity contribution is 5.85. The Morgan fingerprint density at radius 3 is 2.82 bits per heavy atom. The van der Waals surface area contributed by atoms with E-state index >= 15 is 0 Å². The summed E-state index contributed by atoms with van der Waals surface area (Å²) in [6.45, 7) is 2.04. The van der Waals surface area contributed by atoms with Gasteiger partial charge in [-0.05, 0) is 5.92 Å². The molecule has 0 amide bonds. The van der Waals surface area contributed by atoms with Gasteiger partial charge in [-0.15, -0.1) is 12.4 Å². The summed E-state index contributed by atoms with van der Waals surface area (Å²) >= 11 is 0. The van der Waals surface area contributed by atoms with E-state index in [0.29, 0.717) is 11.8 Å². The number of halogens is 2. The highest BCUT2D eigenvalue weighted by Crippen LogP contribution is 2.47. The van der Waals surface area contributed by atoms with Gasteiger partial charge < -0.3 is 5.73 Å². The van der Waals surface area contributed by atoms with Crippen molar-refractivity contribution in [3.05, 3.63) is 0 Å². The van der Waals surface area contributed by atoms with Crippen molar-refractivity contribution >= 4 is 18.2 Å². The van der Waals surface area contributed by atoms with E-state index in [1.165, 1.54) is 0 Å². The van der Waals surface area contributed by atoms with Crippen LogP contribution in [0.5, 0.6) is 0 Å². The van der Waals surface area contributed by atoms with Crippen molar-refractivity contribution < 1.29 is 4.39 Å². The molecule has 1 fully saturated rings. The molecule has 0 radical (unpaired) electrons. The minimum Gasteiger partial charge on any atom is -0.387 e. The molecule has 0 bridgehead atoms. The van der Waals surface area contributed by atoms with Gasteiger partial charge in [0.25, 0.3) is 0 Å². The van der Waals surface area contributed by atoms with Gasteiger partial charge in [0, 0.05) is 12.3 Å². The first-order valence-electron chi connectivity index (χ1n) is 3.66. The highest BCUT2D eigenvalue weighted by atomic mass is 35.5. The van der Waals surface area contributed by atoms with Gasteiger partial charge in [0.2, 0.25) is 0 Å². The summed E-state index contributed by atoms with van der Waals surface area (Å²) < 4.78 is 12.7. The normalized spacial score (nSPS) is 46.9. The van der Waals surface area contributed by atoms with Gasteiger partial charge in [-0.1, -0.05) is 6.92 Å². The summed E-state index contributed by atoms with van der Waals surface area (Å²) in [5, 5.41) is 0. The zero-order chi connectivity index (χ0) is 7.30. The van der Waals surface area contributed by atoms with E-state index in [-0.39, 0.29) is 24.4 Å².